The summed E-state index contributed by atoms with van der Waals surface area (Å²) in [5, 5.41) is 9.68. The van der Waals surface area contributed by atoms with E-state index in [0.29, 0.717) is 0 Å². The van der Waals surface area contributed by atoms with Crippen molar-refractivity contribution in [1.29, 1.82) is 0 Å². The summed E-state index contributed by atoms with van der Waals surface area (Å²) in [5.41, 5.74) is -0.00760. The van der Waals surface area contributed by atoms with Gasteiger partial charge < -0.3 is 19.5 Å². The van der Waals surface area contributed by atoms with Crippen molar-refractivity contribution in [2.24, 2.45) is 11.3 Å². The third-order valence-corrected chi connectivity index (χ3v) is 4.41. The third-order valence-electron chi connectivity index (χ3n) is 4.41. The van der Waals surface area contributed by atoms with Gasteiger partial charge in [0.25, 0.3) is 0 Å². The largest absolute Gasteiger partial charge is 0.396 e. The van der Waals surface area contributed by atoms with Gasteiger partial charge in [0.05, 0.1) is 13.2 Å². The zero-order valence-electron chi connectivity index (χ0n) is 11.6. The van der Waals surface area contributed by atoms with Gasteiger partial charge in [-0.25, -0.2) is 0 Å². The van der Waals surface area contributed by atoms with Crippen LogP contribution in [0.15, 0.2) is 0 Å². The first-order valence-electron chi connectivity index (χ1n) is 7.18. The van der Waals surface area contributed by atoms with Crippen LogP contribution >= 0.6 is 0 Å². The highest BCUT2D eigenvalue weighted by Crippen LogP contribution is 2.30. The molecule has 0 bridgehead atoms. The summed E-state index contributed by atoms with van der Waals surface area (Å²) in [6.45, 7) is 5.99. The summed E-state index contributed by atoms with van der Waals surface area (Å²) in [6.07, 6.45) is 4.62. The number of hydrogen-bond acceptors (Lipinski definition) is 4. The maximum Gasteiger partial charge on any atom is 0.0556 e. The molecule has 4 nitrogen and oxygen atoms in total. The van der Waals surface area contributed by atoms with Gasteiger partial charge in [0.2, 0.25) is 0 Å². The summed E-state index contributed by atoms with van der Waals surface area (Å²) >= 11 is 0. The van der Waals surface area contributed by atoms with Crippen LogP contribution in [-0.4, -0.2) is 63.2 Å². The van der Waals surface area contributed by atoms with Crippen molar-refractivity contribution in [3.63, 3.8) is 0 Å². The van der Waals surface area contributed by atoms with Gasteiger partial charge in [-0.2, -0.15) is 0 Å². The molecule has 1 atom stereocenters. The van der Waals surface area contributed by atoms with E-state index in [2.05, 4.69) is 4.90 Å². The lowest BCUT2D eigenvalue weighted by molar-refractivity contribution is -0.0600. The molecular formula is C14H27NO3. The highest BCUT2D eigenvalue weighted by molar-refractivity contribution is 4.86. The molecule has 1 unspecified atom stereocenters. The van der Waals surface area contributed by atoms with Gasteiger partial charge in [-0.1, -0.05) is 0 Å². The predicted molar refractivity (Wildman–Crippen MR) is 70.6 cm³/mol. The second-order valence-corrected chi connectivity index (χ2v) is 5.99. The Morgan fingerprint density at radius 2 is 2.17 bits per heavy atom. The van der Waals surface area contributed by atoms with Crippen LogP contribution in [0.4, 0.5) is 0 Å². The maximum absolute atomic E-state index is 9.68. The molecule has 0 amide bonds. The van der Waals surface area contributed by atoms with E-state index >= 15 is 0 Å². The zero-order chi connectivity index (χ0) is 12.8. The molecule has 0 saturated carbocycles. The van der Waals surface area contributed by atoms with E-state index in [1.54, 1.807) is 7.11 Å². The lowest BCUT2D eigenvalue weighted by atomic mass is 9.82. The number of rotatable bonds is 5. The van der Waals surface area contributed by atoms with Gasteiger partial charge >= 0.3 is 0 Å². The van der Waals surface area contributed by atoms with E-state index in [1.165, 1.54) is 12.8 Å². The molecule has 1 N–H and O–H groups in total. The molecule has 2 saturated heterocycles. The maximum atomic E-state index is 9.68. The lowest BCUT2D eigenvalue weighted by Gasteiger charge is -2.41. The van der Waals surface area contributed by atoms with Crippen LogP contribution in [0.3, 0.4) is 0 Å². The fraction of sp³-hybridized carbons (Fsp3) is 1.00. The number of aliphatic hydroxyl groups is 1. The van der Waals surface area contributed by atoms with E-state index in [0.717, 1.165) is 58.2 Å². The van der Waals surface area contributed by atoms with E-state index in [1.807, 2.05) is 0 Å². The predicted octanol–water partition coefficient (Wildman–Crippen LogP) is 1.13. The molecular weight excluding hydrogens is 230 g/mol. The van der Waals surface area contributed by atoms with Crippen LogP contribution < -0.4 is 0 Å². The quantitative estimate of drug-likeness (QED) is 0.802. The normalized spacial score (nSPS) is 31.7. The van der Waals surface area contributed by atoms with Crippen LogP contribution in [0.1, 0.15) is 25.7 Å². The van der Waals surface area contributed by atoms with Crippen molar-refractivity contribution < 1.29 is 14.6 Å². The summed E-state index contributed by atoms with van der Waals surface area (Å²) < 4.78 is 10.8. The Balaban J connectivity index is 1.79. The third kappa shape index (κ3) is 3.67. The molecule has 2 rings (SSSR count). The SMILES string of the molecule is COCC1CCN(CC2(CO)CCCOC2)CC1. The smallest absolute Gasteiger partial charge is 0.0556 e. The van der Waals surface area contributed by atoms with E-state index in [4.69, 9.17) is 9.47 Å². The van der Waals surface area contributed by atoms with Crippen molar-refractivity contribution >= 4 is 0 Å². The fourth-order valence-corrected chi connectivity index (χ4v) is 3.23. The van der Waals surface area contributed by atoms with Crippen molar-refractivity contribution in [2.45, 2.75) is 25.7 Å². The topological polar surface area (TPSA) is 41.9 Å². The van der Waals surface area contributed by atoms with E-state index < -0.39 is 0 Å². The van der Waals surface area contributed by atoms with Gasteiger partial charge in [0.15, 0.2) is 0 Å². The molecule has 2 aliphatic heterocycles. The summed E-state index contributed by atoms with van der Waals surface area (Å²) in [7, 11) is 1.78. The number of methoxy groups -OCH3 is 1. The van der Waals surface area contributed by atoms with Gasteiger partial charge in [-0.15, -0.1) is 0 Å². The summed E-state index contributed by atoms with van der Waals surface area (Å²) in [5.74, 6) is 0.721. The highest BCUT2D eigenvalue weighted by Gasteiger charge is 2.35. The first-order chi connectivity index (χ1) is 8.78. The number of hydrogen-bond donors (Lipinski definition) is 1. The van der Waals surface area contributed by atoms with Crippen molar-refractivity contribution in [1.82, 2.24) is 4.90 Å². The molecule has 2 fully saturated rings. The average molecular weight is 257 g/mol. The molecule has 106 valence electrons. The molecule has 2 aliphatic rings. The number of likely N-dealkylation sites (tertiary alicyclic amines) is 1. The van der Waals surface area contributed by atoms with Crippen LogP contribution in [0.2, 0.25) is 0 Å². The molecule has 18 heavy (non-hydrogen) atoms. The van der Waals surface area contributed by atoms with Gasteiger partial charge in [0.1, 0.15) is 0 Å². The number of ether oxygens (including phenoxy) is 2. The number of nitrogens with zero attached hydrogens (tertiary/aromatic N) is 1. The van der Waals surface area contributed by atoms with E-state index in [9.17, 15) is 5.11 Å². The Morgan fingerprint density at radius 1 is 1.39 bits per heavy atom. The zero-order valence-corrected chi connectivity index (χ0v) is 11.6. The van der Waals surface area contributed by atoms with Crippen LogP contribution in [0.5, 0.6) is 0 Å². The highest BCUT2D eigenvalue weighted by atomic mass is 16.5. The fourth-order valence-electron chi connectivity index (χ4n) is 3.23. The Labute approximate surface area is 110 Å². The Morgan fingerprint density at radius 3 is 2.72 bits per heavy atom. The molecule has 0 aliphatic carbocycles. The Bertz CT molecular complexity index is 233. The average Bonchev–Trinajstić information content (AvgIpc) is 2.42. The molecule has 0 aromatic heterocycles. The monoisotopic (exact) mass is 257 g/mol. The van der Waals surface area contributed by atoms with Crippen molar-refractivity contribution in [2.75, 3.05) is 53.2 Å². The van der Waals surface area contributed by atoms with Gasteiger partial charge in [-0.05, 0) is 44.7 Å². The molecule has 0 aromatic rings. The number of aliphatic hydroxyl groups excluding tert-OH is 1. The summed E-state index contributed by atoms with van der Waals surface area (Å²) in [6, 6.07) is 0. The van der Waals surface area contributed by atoms with Crippen LogP contribution in [0, 0.1) is 11.3 Å². The first-order valence-corrected chi connectivity index (χ1v) is 7.18. The first kappa shape index (κ1) is 14.3. The van der Waals surface area contributed by atoms with Gasteiger partial charge in [0, 0.05) is 32.3 Å². The minimum atomic E-state index is -0.00760. The minimum Gasteiger partial charge on any atom is -0.396 e. The molecule has 4 heteroatoms. The van der Waals surface area contributed by atoms with Crippen molar-refractivity contribution in [3.8, 4) is 0 Å². The molecule has 0 spiro atoms. The minimum absolute atomic E-state index is 0.00760. The van der Waals surface area contributed by atoms with Gasteiger partial charge in [-0.3, -0.25) is 0 Å². The standard InChI is InChI=1S/C14H27NO3/c1-17-9-13-3-6-15(7-4-13)10-14(11-16)5-2-8-18-12-14/h13,16H,2-12H2,1H3. The Kier molecular flexibility index (Phi) is 5.42. The van der Waals surface area contributed by atoms with Crippen molar-refractivity contribution in [3.05, 3.63) is 0 Å². The second kappa shape index (κ2) is 6.85. The lowest BCUT2D eigenvalue weighted by Crippen LogP contribution is -2.48. The molecule has 0 radical (unpaired) electrons. The van der Waals surface area contributed by atoms with E-state index in [-0.39, 0.29) is 12.0 Å². The second-order valence-electron chi connectivity index (χ2n) is 5.99. The number of piperidine rings is 1. The molecule has 2 heterocycles. The van der Waals surface area contributed by atoms with Crippen LogP contribution in [0.25, 0.3) is 0 Å². The summed E-state index contributed by atoms with van der Waals surface area (Å²) in [4.78, 5) is 2.50. The Hall–Kier alpha value is -0.160. The van der Waals surface area contributed by atoms with Crippen LogP contribution in [-0.2, 0) is 9.47 Å². The molecule has 0 aromatic carbocycles.